The molecule has 0 aliphatic rings. The third-order valence-electron chi connectivity index (χ3n) is 3.22. The van der Waals surface area contributed by atoms with Gasteiger partial charge in [0.15, 0.2) is 0 Å². The number of rotatable bonds is 5. The molecule has 1 unspecified atom stereocenters. The van der Waals surface area contributed by atoms with E-state index in [2.05, 4.69) is 11.4 Å². The van der Waals surface area contributed by atoms with E-state index < -0.39 is 17.2 Å². The van der Waals surface area contributed by atoms with Crippen LogP contribution in [0.5, 0.6) is 0 Å². The Hall–Kier alpha value is -1.90. The lowest BCUT2D eigenvalue weighted by Gasteiger charge is -2.26. The van der Waals surface area contributed by atoms with Gasteiger partial charge in [-0.25, -0.2) is 8.78 Å². The highest BCUT2D eigenvalue weighted by atomic mass is 32.2. The molecular formula is C16H14F2N2S. The number of nitrogens with zero attached hydrogens (tertiary/aromatic N) is 1. The number of nitriles is 1. The number of nitrogens with one attached hydrogen (secondary N) is 1. The Morgan fingerprint density at radius 3 is 2.48 bits per heavy atom. The van der Waals surface area contributed by atoms with Crippen LogP contribution in [0.1, 0.15) is 5.56 Å². The summed E-state index contributed by atoms with van der Waals surface area (Å²) < 4.78 is 26.6. The van der Waals surface area contributed by atoms with Crippen LogP contribution in [0.4, 0.5) is 8.78 Å². The van der Waals surface area contributed by atoms with Gasteiger partial charge >= 0.3 is 0 Å². The van der Waals surface area contributed by atoms with E-state index >= 15 is 0 Å². The molecule has 5 heteroatoms. The molecule has 108 valence electrons. The van der Waals surface area contributed by atoms with Crippen LogP contribution in [0.2, 0.25) is 0 Å². The first kappa shape index (κ1) is 15.5. The van der Waals surface area contributed by atoms with Crippen LogP contribution in [0, 0.1) is 23.0 Å². The summed E-state index contributed by atoms with van der Waals surface area (Å²) in [5.74, 6) is -0.914. The summed E-state index contributed by atoms with van der Waals surface area (Å²) in [6.07, 6.45) is 0. The van der Waals surface area contributed by atoms with Crippen LogP contribution in [0.15, 0.2) is 53.4 Å². The zero-order valence-corrected chi connectivity index (χ0v) is 12.3. The molecular weight excluding hydrogens is 290 g/mol. The monoisotopic (exact) mass is 304 g/mol. The number of hydrogen-bond acceptors (Lipinski definition) is 3. The molecule has 0 aliphatic carbocycles. The first-order valence-corrected chi connectivity index (χ1v) is 7.33. The summed E-state index contributed by atoms with van der Waals surface area (Å²) in [7, 11) is 1.69. The maximum Gasteiger partial charge on any atom is 0.141 e. The molecule has 0 spiro atoms. The summed E-state index contributed by atoms with van der Waals surface area (Å²) in [5, 5.41) is 12.5. The second-order valence-corrected chi connectivity index (χ2v) is 5.51. The van der Waals surface area contributed by atoms with E-state index in [-0.39, 0.29) is 0 Å². The van der Waals surface area contributed by atoms with Crippen molar-refractivity contribution in [2.75, 3.05) is 12.8 Å². The molecule has 0 saturated carbocycles. The van der Waals surface area contributed by atoms with E-state index in [1.807, 2.05) is 30.3 Å². The lowest BCUT2D eigenvalue weighted by molar-refractivity contribution is 0.526. The summed E-state index contributed by atoms with van der Waals surface area (Å²) in [6, 6.07) is 15.0. The summed E-state index contributed by atoms with van der Waals surface area (Å²) in [6.45, 7) is 0. The second-order valence-electron chi connectivity index (χ2n) is 4.50. The SMILES string of the molecule is CNC(C#N)(CSc1ccc(F)cc1F)c1ccccc1. The van der Waals surface area contributed by atoms with Gasteiger partial charge in [0.05, 0.1) is 6.07 Å². The molecule has 2 nitrogen and oxygen atoms in total. The average molecular weight is 304 g/mol. The largest absolute Gasteiger partial charge is 0.298 e. The van der Waals surface area contributed by atoms with Gasteiger partial charge in [-0.1, -0.05) is 30.3 Å². The minimum absolute atomic E-state index is 0.312. The van der Waals surface area contributed by atoms with Crippen LogP contribution < -0.4 is 5.32 Å². The van der Waals surface area contributed by atoms with Crippen molar-refractivity contribution in [2.45, 2.75) is 10.4 Å². The molecule has 2 aromatic carbocycles. The fourth-order valence-electron chi connectivity index (χ4n) is 1.95. The Morgan fingerprint density at radius 2 is 1.90 bits per heavy atom. The number of halogens is 2. The maximum atomic E-state index is 13.7. The fraction of sp³-hybridized carbons (Fsp3) is 0.188. The molecule has 1 atom stereocenters. The molecule has 21 heavy (non-hydrogen) atoms. The maximum absolute atomic E-state index is 13.7. The quantitative estimate of drug-likeness (QED) is 0.856. The third-order valence-corrected chi connectivity index (χ3v) is 4.44. The van der Waals surface area contributed by atoms with Crippen LogP contribution in [-0.2, 0) is 5.54 Å². The van der Waals surface area contributed by atoms with Gasteiger partial charge in [-0.05, 0) is 24.7 Å². The normalized spacial score (nSPS) is 13.4. The molecule has 0 fully saturated rings. The zero-order chi connectivity index (χ0) is 15.3. The van der Waals surface area contributed by atoms with Crippen molar-refractivity contribution in [3.05, 3.63) is 65.7 Å². The minimum atomic E-state index is -0.924. The Balaban J connectivity index is 2.24. The van der Waals surface area contributed by atoms with Crippen molar-refractivity contribution in [3.8, 4) is 6.07 Å². The molecule has 0 amide bonds. The number of benzene rings is 2. The smallest absolute Gasteiger partial charge is 0.141 e. The Labute approximate surface area is 126 Å². The molecule has 1 N–H and O–H groups in total. The number of hydrogen-bond donors (Lipinski definition) is 1. The average Bonchev–Trinajstić information content (AvgIpc) is 2.51. The molecule has 0 radical (unpaired) electrons. The van der Waals surface area contributed by atoms with Crippen LogP contribution >= 0.6 is 11.8 Å². The minimum Gasteiger partial charge on any atom is -0.298 e. The van der Waals surface area contributed by atoms with Gasteiger partial charge in [0, 0.05) is 16.7 Å². The standard InChI is InChI=1S/C16H14F2N2S/c1-20-16(10-19,12-5-3-2-4-6-12)11-21-15-8-7-13(17)9-14(15)18/h2-9,20H,11H2,1H3. The lowest BCUT2D eigenvalue weighted by Crippen LogP contribution is -2.41. The topological polar surface area (TPSA) is 35.8 Å². The van der Waals surface area contributed by atoms with Crippen LogP contribution in [0.3, 0.4) is 0 Å². The first-order chi connectivity index (χ1) is 10.1. The molecule has 2 rings (SSSR count). The first-order valence-electron chi connectivity index (χ1n) is 6.35. The van der Waals surface area contributed by atoms with E-state index in [1.54, 1.807) is 7.05 Å². The zero-order valence-electron chi connectivity index (χ0n) is 11.4. The Morgan fingerprint density at radius 1 is 1.19 bits per heavy atom. The highest BCUT2D eigenvalue weighted by molar-refractivity contribution is 7.99. The van der Waals surface area contributed by atoms with Crippen molar-refractivity contribution in [1.29, 1.82) is 5.26 Å². The fourth-order valence-corrected chi connectivity index (χ4v) is 3.06. The highest BCUT2D eigenvalue weighted by Crippen LogP contribution is 2.30. The van der Waals surface area contributed by atoms with Crippen molar-refractivity contribution < 1.29 is 8.78 Å². The molecule has 0 bridgehead atoms. The molecule has 0 aliphatic heterocycles. The molecule has 0 heterocycles. The summed E-state index contributed by atoms with van der Waals surface area (Å²) >= 11 is 1.18. The van der Waals surface area contributed by atoms with E-state index in [4.69, 9.17) is 0 Å². The van der Waals surface area contributed by atoms with Gasteiger partial charge in [0.1, 0.15) is 17.2 Å². The van der Waals surface area contributed by atoms with Gasteiger partial charge < -0.3 is 0 Å². The van der Waals surface area contributed by atoms with Gasteiger partial charge in [-0.2, -0.15) is 5.26 Å². The summed E-state index contributed by atoms with van der Waals surface area (Å²) in [4.78, 5) is 0.321. The summed E-state index contributed by atoms with van der Waals surface area (Å²) in [5.41, 5.74) is -0.114. The van der Waals surface area contributed by atoms with E-state index in [9.17, 15) is 14.0 Å². The predicted molar refractivity (Wildman–Crippen MR) is 79.9 cm³/mol. The van der Waals surface area contributed by atoms with Crippen molar-refractivity contribution >= 4 is 11.8 Å². The highest BCUT2D eigenvalue weighted by Gasteiger charge is 2.30. The van der Waals surface area contributed by atoms with Gasteiger partial charge in [0.2, 0.25) is 0 Å². The Kier molecular flexibility index (Phi) is 4.94. The Bertz CT molecular complexity index is 655. The third kappa shape index (κ3) is 3.41. The van der Waals surface area contributed by atoms with E-state index in [0.29, 0.717) is 10.6 Å². The van der Waals surface area contributed by atoms with Gasteiger partial charge in [-0.3, -0.25) is 5.32 Å². The van der Waals surface area contributed by atoms with Crippen molar-refractivity contribution in [3.63, 3.8) is 0 Å². The van der Waals surface area contributed by atoms with E-state index in [1.165, 1.54) is 23.9 Å². The second kappa shape index (κ2) is 6.70. The van der Waals surface area contributed by atoms with Crippen LogP contribution in [0.25, 0.3) is 0 Å². The van der Waals surface area contributed by atoms with Gasteiger partial charge in [-0.15, -0.1) is 11.8 Å². The van der Waals surface area contributed by atoms with Crippen LogP contribution in [-0.4, -0.2) is 12.8 Å². The molecule has 0 aromatic heterocycles. The predicted octanol–water partition coefficient (Wildman–Crippen LogP) is 3.70. The lowest BCUT2D eigenvalue weighted by atomic mass is 9.94. The van der Waals surface area contributed by atoms with E-state index in [0.717, 1.165) is 11.6 Å². The van der Waals surface area contributed by atoms with Gasteiger partial charge in [0.25, 0.3) is 0 Å². The van der Waals surface area contributed by atoms with Crippen molar-refractivity contribution in [2.24, 2.45) is 0 Å². The molecule has 2 aromatic rings. The molecule has 0 saturated heterocycles. The number of thioether (sulfide) groups is 1. The van der Waals surface area contributed by atoms with Crippen molar-refractivity contribution in [1.82, 2.24) is 5.32 Å².